The van der Waals surface area contributed by atoms with E-state index < -0.39 is 11.4 Å². The van der Waals surface area contributed by atoms with E-state index in [2.05, 4.69) is 19.6 Å². The topological polar surface area (TPSA) is 109 Å². The van der Waals surface area contributed by atoms with Gasteiger partial charge >= 0.3 is 5.76 Å². The van der Waals surface area contributed by atoms with Crippen molar-refractivity contribution in [2.24, 2.45) is 0 Å². The summed E-state index contributed by atoms with van der Waals surface area (Å²) in [5, 5.41) is 14.1. The van der Waals surface area contributed by atoms with Crippen LogP contribution in [0.4, 0.5) is 0 Å². The van der Waals surface area contributed by atoms with Crippen molar-refractivity contribution in [3.8, 4) is 0 Å². The van der Waals surface area contributed by atoms with Crippen molar-refractivity contribution in [2.45, 2.75) is 37.7 Å². The number of aromatic nitrogens is 3. The summed E-state index contributed by atoms with van der Waals surface area (Å²) in [6, 6.07) is 3.58. The molecule has 2 aromatic heterocycles. The molecule has 7 heteroatoms. The Balaban J connectivity index is 0.00000132. The maximum Gasteiger partial charge on any atom is 0.438 e. The van der Waals surface area contributed by atoms with E-state index in [0.29, 0.717) is 43.6 Å². The van der Waals surface area contributed by atoms with Gasteiger partial charge in [0.1, 0.15) is 11.4 Å². The molecule has 0 amide bonds. The van der Waals surface area contributed by atoms with Gasteiger partial charge in [0, 0.05) is 28.3 Å². The molecule has 2 aromatic rings. The second-order valence-corrected chi connectivity index (χ2v) is 5.34. The monoisotopic (exact) mass is 293 g/mol. The number of carbonyl (C=O) groups excluding carboxylic acids is 1. The predicted octanol–water partition coefficient (Wildman–Crippen LogP) is 1.17. The Kier molecular flexibility index (Phi) is 3.42. The summed E-state index contributed by atoms with van der Waals surface area (Å²) >= 11 is 0. The first kappa shape index (κ1) is 13.7. The van der Waals surface area contributed by atoms with Crippen LogP contribution < -0.4 is 5.76 Å². The Morgan fingerprint density at radius 1 is 1.33 bits per heavy atom. The Bertz CT molecular complexity index is 701. The molecule has 114 valence electrons. The number of nitrogens with zero attached hydrogens (tertiary/aromatic N) is 2. The highest BCUT2D eigenvalue weighted by molar-refractivity contribution is 5.79. The molecule has 7 nitrogen and oxygen atoms in total. The van der Waals surface area contributed by atoms with E-state index >= 15 is 0 Å². The highest BCUT2D eigenvalue weighted by Crippen LogP contribution is 2.34. The van der Waals surface area contributed by atoms with Crippen LogP contribution in [0.25, 0.3) is 0 Å². The predicted molar refractivity (Wildman–Crippen MR) is 75.8 cm³/mol. The fourth-order valence-corrected chi connectivity index (χ4v) is 2.53. The fraction of sp³-hybridized carbons (Fsp3) is 0.429. The third-order valence-electron chi connectivity index (χ3n) is 3.79. The van der Waals surface area contributed by atoms with Gasteiger partial charge in [-0.15, -0.1) is 0 Å². The van der Waals surface area contributed by atoms with E-state index in [9.17, 15) is 14.7 Å². The standard InChI is InChI=1S/C14H15N3O4.2H2/c18-10-3-5-14(20,6-4-10)11-2-1-9(8-15-11)7-12-16-13(19)21-17-12;;/h1-2,8,20H,3-7H2,(H,16,17,19);2*1H. The summed E-state index contributed by atoms with van der Waals surface area (Å²) in [5.74, 6) is 0.0265. The van der Waals surface area contributed by atoms with Crippen molar-refractivity contribution in [1.29, 1.82) is 0 Å². The van der Waals surface area contributed by atoms with Crippen molar-refractivity contribution in [3.63, 3.8) is 0 Å². The average Bonchev–Trinajstić information content (AvgIpc) is 2.88. The molecule has 0 atom stereocenters. The molecule has 0 saturated heterocycles. The molecule has 3 rings (SSSR count). The maximum absolute atomic E-state index is 11.3. The van der Waals surface area contributed by atoms with Gasteiger partial charge in [0.25, 0.3) is 0 Å². The minimum Gasteiger partial charge on any atom is -0.384 e. The molecule has 21 heavy (non-hydrogen) atoms. The molecule has 0 unspecified atom stereocenters. The highest BCUT2D eigenvalue weighted by Gasteiger charge is 2.35. The van der Waals surface area contributed by atoms with Crippen LogP contribution in [0.5, 0.6) is 0 Å². The minimum atomic E-state index is -1.02. The zero-order chi connectivity index (χ0) is 14.9. The van der Waals surface area contributed by atoms with Crippen LogP contribution in [0.2, 0.25) is 0 Å². The number of ketones is 1. The van der Waals surface area contributed by atoms with E-state index in [1.54, 1.807) is 12.3 Å². The number of Topliss-reactive ketones (excluding diaryl/α,β-unsaturated/α-hetero) is 1. The molecule has 0 bridgehead atoms. The SMILES string of the molecule is O=C1CCC(O)(c2ccc(Cc3noc(=O)[nH]3)cn2)CC1.[HH].[HH]. The second-order valence-electron chi connectivity index (χ2n) is 5.34. The summed E-state index contributed by atoms with van der Waals surface area (Å²) in [5.41, 5.74) is 0.403. The van der Waals surface area contributed by atoms with Crippen molar-refractivity contribution >= 4 is 5.78 Å². The molecular formula is C14H19N3O4. The molecule has 0 spiro atoms. The van der Waals surface area contributed by atoms with Crippen LogP contribution in [-0.2, 0) is 16.8 Å². The van der Waals surface area contributed by atoms with Gasteiger partial charge in [-0.25, -0.2) is 4.79 Å². The van der Waals surface area contributed by atoms with Gasteiger partial charge < -0.3 is 5.11 Å². The summed E-state index contributed by atoms with van der Waals surface area (Å²) in [6.07, 6.45) is 3.64. The van der Waals surface area contributed by atoms with Gasteiger partial charge in [0.05, 0.1) is 5.69 Å². The number of pyridine rings is 1. The first-order chi connectivity index (χ1) is 10.0. The smallest absolute Gasteiger partial charge is 0.384 e. The lowest BCUT2D eigenvalue weighted by molar-refractivity contribution is -0.125. The number of nitrogens with one attached hydrogen (secondary N) is 1. The zero-order valence-corrected chi connectivity index (χ0v) is 11.3. The number of rotatable bonds is 3. The van der Waals surface area contributed by atoms with Gasteiger partial charge in [-0.1, -0.05) is 11.2 Å². The van der Waals surface area contributed by atoms with Crippen LogP contribution in [0.3, 0.4) is 0 Å². The largest absolute Gasteiger partial charge is 0.438 e. The number of H-pyrrole nitrogens is 1. The molecule has 0 aromatic carbocycles. The fourth-order valence-electron chi connectivity index (χ4n) is 2.53. The van der Waals surface area contributed by atoms with E-state index in [4.69, 9.17) is 0 Å². The van der Waals surface area contributed by atoms with E-state index in [0.717, 1.165) is 5.56 Å². The first-order valence-electron chi connectivity index (χ1n) is 6.79. The number of aromatic amines is 1. The second kappa shape index (κ2) is 5.25. The Hall–Kier alpha value is -2.28. The van der Waals surface area contributed by atoms with Gasteiger partial charge in [0.15, 0.2) is 5.82 Å². The Morgan fingerprint density at radius 2 is 2.10 bits per heavy atom. The van der Waals surface area contributed by atoms with E-state index in [-0.39, 0.29) is 8.64 Å². The third-order valence-corrected chi connectivity index (χ3v) is 3.79. The van der Waals surface area contributed by atoms with Crippen molar-refractivity contribution in [1.82, 2.24) is 15.1 Å². The summed E-state index contributed by atoms with van der Waals surface area (Å²) < 4.78 is 4.43. The van der Waals surface area contributed by atoms with Gasteiger partial charge in [-0.3, -0.25) is 19.3 Å². The number of hydrogen-bond donors (Lipinski definition) is 2. The average molecular weight is 293 g/mol. The van der Waals surface area contributed by atoms with Gasteiger partial charge in [-0.2, -0.15) is 0 Å². The zero-order valence-electron chi connectivity index (χ0n) is 11.3. The highest BCUT2D eigenvalue weighted by atomic mass is 16.5. The summed E-state index contributed by atoms with van der Waals surface area (Å²) in [4.78, 5) is 28.9. The molecule has 2 N–H and O–H groups in total. The molecule has 1 aliphatic rings. The maximum atomic E-state index is 11.3. The van der Waals surface area contributed by atoms with E-state index in [1.165, 1.54) is 0 Å². The molecule has 1 fully saturated rings. The third kappa shape index (κ3) is 2.92. The van der Waals surface area contributed by atoms with E-state index in [1.807, 2.05) is 6.07 Å². The van der Waals surface area contributed by atoms with Crippen LogP contribution in [0.15, 0.2) is 27.6 Å². The summed E-state index contributed by atoms with van der Waals surface area (Å²) in [6.45, 7) is 0. The molecule has 0 aliphatic heterocycles. The van der Waals surface area contributed by atoms with Gasteiger partial charge in [0.2, 0.25) is 0 Å². The lowest BCUT2D eigenvalue weighted by Gasteiger charge is -2.30. The van der Waals surface area contributed by atoms with Crippen LogP contribution in [-0.4, -0.2) is 26.0 Å². The minimum absolute atomic E-state index is 0. The Morgan fingerprint density at radius 3 is 2.67 bits per heavy atom. The van der Waals surface area contributed by atoms with Crippen LogP contribution >= 0.6 is 0 Å². The normalized spacial score (nSPS) is 17.9. The molecule has 1 saturated carbocycles. The van der Waals surface area contributed by atoms with Crippen molar-refractivity contribution in [2.75, 3.05) is 0 Å². The molecule has 1 aliphatic carbocycles. The van der Waals surface area contributed by atoms with Crippen LogP contribution in [0, 0.1) is 0 Å². The molecular weight excluding hydrogens is 274 g/mol. The number of aliphatic hydroxyl groups is 1. The van der Waals surface area contributed by atoms with Crippen molar-refractivity contribution < 1.29 is 17.3 Å². The van der Waals surface area contributed by atoms with Crippen molar-refractivity contribution in [3.05, 3.63) is 46.0 Å². The molecule has 0 radical (unpaired) electrons. The molecule has 2 heterocycles. The summed E-state index contributed by atoms with van der Waals surface area (Å²) in [7, 11) is 0. The lowest BCUT2D eigenvalue weighted by atomic mass is 9.81. The Labute approximate surface area is 123 Å². The number of carbonyl (C=O) groups is 1. The van der Waals surface area contributed by atoms with Crippen LogP contribution in [0.1, 0.15) is 45.6 Å². The quantitative estimate of drug-likeness (QED) is 0.879. The number of hydrogen-bond acceptors (Lipinski definition) is 6. The first-order valence-corrected chi connectivity index (χ1v) is 6.79. The lowest BCUT2D eigenvalue weighted by Crippen LogP contribution is -2.32. The van der Waals surface area contributed by atoms with Gasteiger partial charge in [-0.05, 0) is 24.5 Å².